The van der Waals surface area contributed by atoms with Gasteiger partial charge in [-0.15, -0.1) is 0 Å². The number of hydrogen-bond acceptors (Lipinski definition) is 2. The van der Waals surface area contributed by atoms with E-state index >= 15 is 0 Å². The molecule has 3 unspecified atom stereocenters. The molecule has 19 heavy (non-hydrogen) atoms. The Labute approximate surface area is 114 Å². The standard InChI is InChI=1S/C15H24N2O2/c1-3-10-9-12(10)17-11(4-2)13(18)16-15(14(17)19)7-5-6-8-15/h10-12H,3-9H2,1-2H3,(H,16,18). The molecular formula is C15H24N2O2. The lowest BCUT2D eigenvalue weighted by molar-refractivity contribution is -0.156. The number of rotatable bonds is 3. The van der Waals surface area contributed by atoms with Crippen LogP contribution in [0, 0.1) is 5.92 Å². The maximum absolute atomic E-state index is 12.9. The normalized spacial score (nSPS) is 36.7. The fraction of sp³-hybridized carbons (Fsp3) is 0.867. The summed E-state index contributed by atoms with van der Waals surface area (Å²) in [6, 6.07) is 0.0891. The Morgan fingerprint density at radius 2 is 1.89 bits per heavy atom. The molecule has 0 aromatic carbocycles. The monoisotopic (exact) mass is 264 g/mol. The third-order valence-electron chi connectivity index (χ3n) is 5.26. The number of nitrogens with one attached hydrogen (secondary N) is 1. The smallest absolute Gasteiger partial charge is 0.249 e. The van der Waals surface area contributed by atoms with Crippen LogP contribution in [0.15, 0.2) is 0 Å². The first-order chi connectivity index (χ1) is 9.13. The summed E-state index contributed by atoms with van der Waals surface area (Å²) >= 11 is 0. The van der Waals surface area contributed by atoms with Gasteiger partial charge in [-0.05, 0) is 31.6 Å². The maximum Gasteiger partial charge on any atom is 0.249 e. The fourth-order valence-electron chi connectivity index (χ4n) is 3.98. The first-order valence-corrected chi connectivity index (χ1v) is 7.77. The van der Waals surface area contributed by atoms with Crippen LogP contribution in [-0.2, 0) is 9.59 Å². The summed E-state index contributed by atoms with van der Waals surface area (Å²) < 4.78 is 0. The third-order valence-corrected chi connectivity index (χ3v) is 5.26. The van der Waals surface area contributed by atoms with Crippen LogP contribution in [-0.4, -0.2) is 34.3 Å². The molecule has 1 N–H and O–H groups in total. The highest BCUT2D eigenvalue weighted by molar-refractivity contribution is 6.00. The van der Waals surface area contributed by atoms with Gasteiger partial charge in [0.05, 0.1) is 0 Å². The van der Waals surface area contributed by atoms with E-state index in [1.165, 1.54) is 0 Å². The van der Waals surface area contributed by atoms with Crippen LogP contribution in [0.1, 0.15) is 58.8 Å². The number of nitrogens with zero attached hydrogens (tertiary/aromatic N) is 1. The van der Waals surface area contributed by atoms with Gasteiger partial charge in [0.2, 0.25) is 11.8 Å². The van der Waals surface area contributed by atoms with Gasteiger partial charge in [-0.2, -0.15) is 0 Å². The van der Waals surface area contributed by atoms with Crippen molar-refractivity contribution in [1.29, 1.82) is 0 Å². The van der Waals surface area contributed by atoms with Crippen molar-refractivity contribution in [3.63, 3.8) is 0 Å². The van der Waals surface area contributed by atoms with Crippen molar-refractivity contribution >= 4 is 11.8 Å². The highest BCUT2D eigenvalue weighted by atomic mass is 16.2. The van der Waals surface area contributed by atoms with Gasteiger partial charge >= 0.3 is 0 Å². The lowest BCUT2D eigenvalue weighted by Crippen LogP contribution is -2.69. The molecule has 4 nitrogen and oxygen atoms in total. The topological polar surface area (TPSA) is 49.4 Å². The largest absolute Gasteiger partial charge is 0.340 e. The van der Waals surface area contributed by atoms with E-state index in [2.05, 4.69) is 12.2 Å². The van der Waals surface area contributed by atoms with Gasteiger partial charge < -0.3 is 10.2 Å². The molecule has 106 valence electrons. The Hall–Kier alpha value is -1.06. The molecular weight excluding hydrogens is 240 g/mol. The van der Waals surface area contributed by atoms with Crippen molar-refractivity contribution in [2.45, 2.75) is 76.4 Å². The Morgan fingerprint density at radius 3 is 2.42 bits per heavy atom. The summed E-state index contributed by atoms with van der Waals surface area (Å²) in [5.41, 5.74) is -0.552. The molecule has 4 heteroatoms. The summed E-state index contributed by atoms with van der Waals surface area (Å²) in [5, 5.41) is 3.06. The molecule has 3 aliphatic rings. The number of piperazine rings is 1. The zero-order valence-corrected chi connectivity index (χ0v) is 11.9. The van der Waals surface area contributed by atoms with Crippen LogP contribution >= 0.6 is 0 Å². The summed E-state index contributed by atoms with van der Waals surface area (Å²) in [5.74, 6) is 0.894. The van der Waals surface area contributed by atoms with Crippen LogP contribution in [0.4, 0.5) is 0 Å². The third kappa shape index (κ3) is 1.87. The Bertz CT molecular complexity index is 401. The van der Waals surface area contributed by atoms with E-state index in [9.17, 15) is 9.59 Å². The van der Waals surface area contributed by atoms with Crippen LogP contribution < -0.4 is 5.32 Å². The molecule has 0 radical (unpaired) electrons. The van der Waals surface area contributed by atoms with Gasteiger partial charge in [-0.25, -0.2) is 0 Å². The summed E-state index contributed by atoms with van der Waals surface area (Å²) in [6.45, 7) is 4.17. The van der Waals surface area contributed by atoms with Crippen LogP contribution in [0.5, 0.6) is 0 Å². The van der Waals surface area contributed by atoms with Crippen molar-refractivity contribution in [3.05, 3.63) is 0 Å². The fourth-order valence-corrected chi connectivity index (χ4v) is 3.98. The first-order valence-electron chi connectivity index (χ1n) is 7.77. The van der Waals surface area contributed by atoms with Crippen LogP contribution in [0.3, 0.4) is 0 Å². The van der Waals surface area contributed by atoms with Crippen molar-refractivity contribution in [2.75, 3.05) is 0 Å². The van der Waals surface area contributed by atoms with E-state index in [1.807, 2.05) is 11.8 Å². The predicted molar refractivity (Wildman–Crippen MR) is 72.5 cm³/mol. The maximum atomic E-state index is 12.9. The number of carbonyl (C=O) groups is 2. The number of hydrogen-bond donors (Lipinski definition) is 1. The zero-order chi connectivity index (χ0) is 13.6. The van der Waals surface area contributed by atoms with Gasteiger partial charge in [-0.1, -0.05) is 33.1 Å². The average Bonchev–Trinajstić information content (AvgIpc) is 3.04. The number of amides is 2. The molecule has 3 fully saturated rings. The summed E-state index contributed by atoms with van der Waals surface area (Å²) in [6.07, 6.45) is 6.68. The van der Waals surface area contributed by atoms with Gasteiger partial charge in [-0.3, -0.25) is 9.59 Å². The second-order valence-corrected chi connectivity index (χ2v) is 6.39. The molecule has 3 atom stereocenters. The van der Waals surface area contributed by atoms with Gasteiger partial charge in [0.15, 0.2) is 0 Å². The molecule has 2 aliphatic carbocycles. The molecule has 1 aliphatic heterocycles. The van der Waals surface area contributed by atoms with E-state index in [1.54, 1.807) is 0 Å². The average molecular weight is 264 g/mol. The molecule has 3 rings (SSSR count). The Morgan fingerprint density at radius 1 is 1.21 bits per heavy atom. The molecule has 0 aromatic rings. The second-order valence-electron chi connectivity index (χ2n) is 6.39. The summed E-state index contributed by atoms with van der Waals surface area (Å²) in [4.78, 5) is 27.2. The molecule has 2 saturated carbocycles. The molecule has 1 saturated heterocycles. The molecule has 1 spiro atoms. The quantitative estimate of drug-likeness (QED) is 0.845. The predicted octanol–water partition coefficient (Wildman–Crippen LogP) is 1.83. The lowest BCUT2D eigenvalue weighted by atomic mass is 9.89. The van der Waals surface area contributed by atoms with Gasteiger partial charge in [0, 0.05) is 6.04 Å². The van der Waals surface area contributed by atoms with Crippen molar-refractivity contribution < 1.29 is 9.59 Å². The molecule has 0 aromatic heterocycles. The van der Waals surface area contributed by atoms with Crippen molar-refractivity contribution in [3.8, 4) is 0 Å². The van der Waals surface area contributed by atoms with Crippen LogP contribution in [0.2, 0.25) is 0 Å². The Balaban J connectivity index is 1.88. The molecule has 1 heterocycles. The Kier molecular flexibility index (Phi) is 3.06. The van der Waals surface area contributed by atoms with Crippen LogP contribution in [0.25, 0.3) is 0 Å². The lowest BCUT2D eigenvalue weighted by Gasteiger charge is -2.44. The molecule has 2 amide bonds. The number of carbonyl (C=O) groups excluding carboxylic acids is 2. The van der Waals surface area contributed by atoms with E-state index in [0.29, 0.717) is 12.0 Å². The van der Waals surface area contributed by atoms with E-state index < -0.39 is 5.54 Å². The summed E-state index contributed by atoms with van der Waals surface area (Å²) in [7, 11) is 0. The minimum Gasteiger partial charge on any atom is -0.340 e. The van der Waals surface area contributed by atoms with Crippen molar-refractivity contribution in [1.82, 2.24) is 10.2 Å². The second kappa shape index (κ2) is 4.50. The van der Waals surface area contributed by atoms with E-state index in [0.717, 1.165) is 44.9 Å². The van der Waals surface area contributed by atoms with E-state index in [-0.39, 0.29) is 17.9 Å². The van der Waals surface area contributed by atoms with E-state index in [4.69, 9.17) is 0 Å². The highest BCUT2D eigenvalue weighted by Crippen LogP contribution is 2.44. The minimum atomic E-state index is -0.552. The minimum absolute atomic E-state index is 0.0748. The highest BCUT2D eigenvalue weighted by Gasteiger charge is 2.57. The van der Waals surface area contributed by atoms with Gasteiger partial charge in [0.1, 0.15) is 11.6 Å². The zero-order valence-electron chi connectivity index (χ0n) is 11.9. The van der Waals surface area contributed by atoms with Gasteiger partial charge in [0.25, 0.3) is 0 Å². The first kappa shape index (κ1) is 12.9. The van der Waals surface area contributed by atoms with Crippen molar-refractivity contribution in [2.24, 2.45) is 5.92 Å². The SMILES string of the molecule is CCC1CC1N1C(=O)C2(CCCC2)NC(=O)C1CC. The molecule has 0 bridgehead atoms.